The summed E-state index contributed by atoms with van der Waals surface area (Å²) in [4.78, 5) is 39.1. The number of ether oxygens (including phenoxy) is 2. The molecule has 0 saturated carbocycles. The maximum Gasteiger partial charge on any atom is 0.269 e. The summed E-state index contributed by atoms with van der Waals surface area (Å²) >= 11 is 1.49. The van der Waals surface area contributed by atoms with Crippen LogP contribution in [0.15, 0.2) is 48.5 Å². The average Bonchev–Trinajstić information content (AvgIpc) is 3.27. The minimum absolute atomic E-state index is 0.214. The van der Waals surface area contributed by atoms with Crippen molar-refractivity contribution in [1.82, 2.24) is 15.8 Å². The van der Waals surface area contributed by atoms with Crippen LogP contribution in [0.4, 0.5) is 0 Å². The van der Waals surface area contributed by atoms with E-state index < -0.39 is 17.9 Å². The van der Waals surface area contributed by atoms with Gasteiger partial charge in [-0.05, 0) is 30.3 Å². The Labute approximate surface area is 171 Å². The molecule has 29 heavy (non-hydrogen) atoms. The second-order valence-corrected chi connectivity index (χ2v) is 7.46. The normalized spacial score (nSPS) is 17.5. The third kappa shape index (κ3) is 4.14. The monoisotopic (exact) mass is 413 g/mol. The summed E-state index contributed by atoms with van der Waals surface area (Å²) in [7, 11) is 0. The first-order valence-electron chi connectivity index (χ1n) is 9.07. The lowest BCUT2D eigenvalue weighted by molar-refractivity contribution is -0.125. The quantitative estimate of drug-likeness (QED) is 0.739. The molecular weight excluding hydrogens is 394 g/mol. The van der Waals surface area contributed by atoms with Crippen LogP contribution >= 0.6 is 11.8 Å². The van der Waals surface area contributed by atoms with Crippen molar-refractivity contribution in [1.29, 1.82) is 0 Å². The summed E-state index contributed by atoms with van der Waals surface area (Å²) in [5, 5.41) is 0. The second-order valence-electron chi connectivity index (χ2n) is 6.46. The molecule has 2 aromatic carbocycles. The number of nitrogens with one attached hydrogen (secondary N) is 2. The maximum absolute atomic E-state index is 12.7. The summed E-state index contributed by atoms with van der Waals surface area (Å²) in [6, 6.07) is 12.9. The lowest BCUT2D eigenvalue weighted by Gasteiger charge is -2.23. The predicted octanol–water partition coefficient (Wildman–Crippen LogP) is 1.43. The average molecular weight is 413 g/mol. The minimum Gasteiger partial charge on any atom is -0.486 e. The summed E-state index contributed by atoms with van der Waals surface area (Å²) < 4.78 is 10.9. The van der Waals surface area contributed by atoms with E-state index in [1.165, 1.54) is 16.7 Å². The fraction of sp³-hybridized carbons (Fsp3) is 0.250. The molecule has 9 heteroatoms. The molecule has 0 radical (unpaired) electrons. The molecule has 1 fully saturated rings. The molecule has 0 spiro atoms. The van der Waals surface area contributed by atoms with Gasteiger partial charge >= 0.3 is 0 Å². The lowest BCUT2D eigenvalue weighted by Crippen LogP contribution is -2.52. The summed E-state index contributed by atoms with van der Waals surface area (Å²) in [5.74, 6) is 0.810. The molecule has 1 saturated heterocycles. The van der Waals surface area contributed by atoms with Gasteiger partial charge in [0.2, 0.25) is 0 Å². The van der Waals surface area contributed by atoms with Gasteiger partial charge in [-0.3, -0.25) is 25.2 Å². The molecule has 4 rings (SSSR count). The fourth-order valence-electron chi connectivity index (χ4n) is 3.07. The minimum atomic E-state index is -0.659. The van der Waals surface area contributed by atoms with Crippen LogP contribution in [0.2, 0.25) is 0 Å². The van der Waals surface area contributed by atoms with Crippen LogP contribution in [0.25, 0.3) is 0 Å². The van der Waals surface area contributed by atoms with Crippen LogP contribution in [-0.2, 0) is 4.79 Å². The SMILES string of the molecule is O=C(NNC(=O)[C@@H]1CSCN1C(=O)c1ccccc1)c1ccc2c(c1)OCCO2. The first-order valence-corrected chi connectivity index (χ1v) is 10.2. The standard InChI is InChI=1S/C20H19N3O5S/c24-18(14-6-7-16-17(10-14)28-9-8-27-16)21-22-19(25)15-11-29-12-23(15)20(26)13-4-2-1-3-5-13/h1-7,10,15H,8-9,11-12H2,(H,21,24)(H,22,25)/t15-/m0/s1. The molecule has 2 aliphatic heterocycles. The number of hydrogen-bond donors (Lipinski definition) is 2. The zero-order chi connectivity index (χ0) is 20.2. The third-order valence-corrected chi connectivity index (χ3v) is 5.58. The van der Waals surface area contributed by atoms with Gasteiger partial charge in [0.25, 0.3) is 17.7 Å². The van der Waals surface area contributed by atoms with Gasteiger partial charge in [-0.1, -0.05) is 18.2 Å². The Kier molecular flexibility index (Phi) is 5.57. The summed E-state index contributed by atoms with van der Waals surface area (Å²) in [6.45, 7) is 0.881. The van der Waals surface area contributed by atoms with Crippen LogP contribution in [0.5, 0.6) is 11.5 Å². The van der Waals surface area contributed by atoms with Crippen LogP contribution in [0, 0.1) is 0 Å². The molecule has 3 amide bonds. The van der Waals surface area contributed by atoms with Crippen molar-refractivity contribution in [3.8, 4) is 11.5 Å². The van der Waals surface area contributed by atoms with Crippen molar-refractivity contribution < 1.29 is 23.9 Å². The highest BCUT2D eigenvalue weighted by Gasteiger charge is 2.35. The molecule has 2 N–H and O–H groups in total. The number of benzene rings is 2. The highest BCUT2D eigenvalue weighted by atomic mass is 32.2. The van der Waals surface area contributed by atoms with Crippen molar-refractivity contribution in [2.45, 2.75) is 6.04 Å². The van der Waals surface area contributed by atoms with Crippen molar-refractivity contribution in [2.75, 3.05) is 24.8 Å². The number of carbonyl (C=O) groups excluding carboxylic acids is 3. The smallest absolute Gasteiger partial charge is 0.269 e. The van der Waals surface area contributed by atoms with Gasteiger partial charge in [0, 0.05) is 16.9 Å². The van der Waals surface area contributed by atoms with Crippen molar-refractivity contribution in [2.24, 2.45) is 0 Å². The topological polar surface area (TPSA) is 97.0 Å². The number of fused-ring (bicyclic) bond motifs is 1. The molecule has 0 aliphatic carbocycles. The first-order chi connectivity index (χ1) is 14.1. The number of rotatable bonds is 3. The summed E-state index contributed by atoms with van der Waals surface area (Å²) in [6.07, 6.45) is 0. The number of hydrogen-bond acceptors (Lipinski definition) is 6. The van der Waals surface area contributed by atoms with Crippen LogP contribution in [0.1, 0.15) is 20.7 Å². The van der Waals surface area contributed by atoms with E-state index in [1.54, 1.807) is 42.5 Å². The van der Waals surface area contributed by atoms with E-state index in [0.717, 1.165) is 0 Å². The Morgan fingerprint density at radius 1 is 0.931 bits per heavy atom. The van der Waals surface area contributed by atoms with E-state index in [-0.39, 0.29) is 5.91 Å². The zero-order valence-electron chi connectivity index (χ0n) is 15.4. The Bertz CT molecular complexity index is 937. The molecule has 0 unspecified atom stereocenters. The van der Waals surface area contributed by atoms with Crippen molar-refractivity contribution >= 4 is 29.5 Å². The van der Waals surface area contributed by atoms with Gasteiger partial charge in [0.15, 0.2) is 11.5 Å². The molecule has 1 atom stereocenters. The number of hydrazine groups is 1. The summed E-state index contributed by atoms with van der Waals surface area (Å²) in [5.41, 5.74) is 5.67. The molecule has 0 aromatic heterocycles. The molecule has 2 heterocycles. The highest BCUT2D eigenvalue weighted by Crippen LogP contribution is 2.30. The maximum atomic E-state index is 12.7. The van der Waals surface area contributed by atoms with Gasteiger partial charge in [0.1, 0.15) is 19.3 Å². The van der Waals surface area contributed by atoms with Gasteiger partial charge in [-0.15, -0.1) is 11.8 Å². The van der Waals surface area contributed by atoms with E-state index in [4.69, 9.17) is 9.47 Å². The molecule has 8 nitrogen and oxygen atoms in total. The van der Waals surface area contributed by atoms with Crippen molar-refractivity contribution in [3.63, 3.8) is 0 Å². The third-order valence-electron chi connectivity index (χ3n) is 4.57. The van der Waals surface area contributed by atoms with E-state index in [9.17, 15) is 14.4 Å². The number of amides is 3. The Morgan fingerprint density at radius 3 is 2.48 bits per heavy atom. The van der Waals surface area contributed by atoms with Crippen LogP contribution < -0.4 is 20.3 Å². The fourth-order valence-corrected chi connectivity index (χ4v) is 4.22. The highest BCUT2D eigenvalue weighted by molar-refractivity contribution is 7.99. The zero-order valence-corrected chi connectivity index (χ0v) is 16.2. The molecular formula is C20H19N3O5S. The predicted molar refractivity (Wildman–Crippen MR) is 107 cm³/mol. The van der Waals surface area contributed by atoms with Gasteiger partial charge in [0.05, 0.1) is 5.88 Å². The first kappa shape index (κ1) is 19.1. The Morgan fingerprint density at radius 2 is 1.69 bits per heavy atom. The number of carbonyl (C=O) groups is 3. The number of thioether (sulfide) groups is 1. The largest absolute Gasteiger partial charge is 0.486 e. The van der Waals surface area contributed by atoms with Gasteiger partial charge in [-0.25, -0.2) is 0 Å². The van der Waals surface area contributed by atoms with Crippen LogP contribution in [0.3, 0.4) is 0 Å². The van der Waals surface area contributed by atoms with E-state index in [0.29, 0.717) is 47.5 Å². The van der Waals surface area contributed by atoms with Crippen LogP contribution in [-0.4, -0.2) is 53.5 Å². The molecule has 0 bridgehead atoms. The van der Waals surface area contributed by atoms with E-state index in [2.05, 4.69) is 10.9 Å². The van der Waals surface area contributed by atoms with E-state index >= 15 is 0 Å². The Balaban J connectivity index is 1.37. The second kappa shape index (κ2) is 8.44. The lowest BCUT2D eigenvalue weighted by atomic mass is 10.1. The Hall–Kier alpha value is -3.20. The van der Waals surface area contributed by atoms with Gasteiger partial charge < -0.3 is 14.4 Å². The van der Waals surface area contributed by atoms with Crippen molar-refractivity contribution in [3.05, 3.63) is 59.7 Å². The molecule has 150 valence electrons. The van der Waals surface area contributed by atoms with Gasteiger partial charge in [-0.2, -0.15) is 0 Å². The van der Waals surface area contributed by atoms with E-state index in [1.807, 2.05) is 6.07 Å². The number of nitrogens with zero attached hydrogens (tertiary/aromatic N) is 1. The molecule has 2 aliphatic rings. The molecule has 2 aromatic rings.